The number of carbonyl (C=O) groups excluding carboxylic acids is 1. The number of carbonyl (C=O) groups is 1. The number of ether oxygens (including phenoxy) is 3. The van der Waals surface area contributed by atoms with Crippen molar-refractivity contribution in [2.75, 3.05) is 39.5 Å². The van der Waals surface area contributed by atoms with Gasteiger partial charge < -0.3 is 29.5 Å². The summed E-state index contributed by atoms with van der Waals surface area (Å²) >= 11 is 0. The molecule has 2 aromatic carbocycles. The molecule has 2 aromatic rings. The Hall–Kier alpha value is -2.84. The normalized spacial score (nSPS) is 17.6. The number of aliphatic hydroxyl groups excluding tert-OH is 1. The Kier molecular flexibility index (Phi) is 7.44. The highest BCUT2D eigenvalue weighted by Gasteiger charge is 2.27. The van der Waals surface area contributed by atoms with Gasteiger partial charge in [-0.3, -0.25) is 4.79 Å². The van der Waals surface area contributed by atoms with Gasteiger partial charge in [-0.2, -0.15) is 0 Å². The van der Waals surface area contributed by atoms with Crippen LogP contribution in [-0.2, 0) is 4.79 Å². The second-order valence-electron chi connectivity index (χ2n) is 8.06. The van der Waals surface area contributed by atoms with Gasteiger partial charge in [0, 0.05) is 6.54 Å². The zero-order valence-electron chi connectivity index (χ0n) is 18.0. The molecular weight excluding hydrogens is 415 g/mol. The number of hydrogen-bond donors (Lipinski definition) is 2. The van der Waals surface area contributed by atoms with Crippen LogP contribution in [0, 0.1) is 5.82 Å². The van der Waals surface area contributed by atoms with Gasteiger partial charge in [0.15, 0.2) is 23.1 Å². The predicted octanol–water partition coefficient (Wildman–Crippen LogP) is 2.68. The molecular formula is C24H29FN2O5. The molecule has 0 aromatic heterocycles. The van der Waals surface area contributed by atoms with Crippen LogP contribution in [0.3, 0.4) is 0 Å². The van der Waals surface area contributed by atoms with Crippen molar-refractivity contribution in [3.05, 3.63) is 53.8 Å². The van der Waals surface area contributed by atoms with Gasteiger partial charge in [-0.05, 0) is 55.8 Å². The molecule has 2 heterocycles. The summed E-state index contributed by atoms with van der Waals surface area (Å²) in [5.74, 6) is 0.635. The fourth-order valence-electron chi connectivity index (χ4n) is 4.04. The lowest BCUT2D eigenvalue weighted by Crippen LogP contribution is -2.47. The smallest absolute Gasteiger partial charge is 0.223 e. The second kappa shape index (κ2) is 10.7. The van der Waals surface area contributed by atoms with Crippen LogP contribution in [0.1, 0.15) is 30.9 Å². The van der Waals surface area contributed by atoms with Gasteiger partial charge in [0.1, 0.15) is 19.3 Å². The van der Waals surface area contributed by atoms with E-state index in [9.17, 15) is 14.3 Å². The lowest BCUT2D eigenvalue weighted by molar-refractivity contribution is -0.123. The minimum absolute atomic E-state index is 0.0450. The summed E-state index contributed by atoms with van der Waals surface area (Å²) < 4.78 is 30.3. The van der Waals surface area contributed by atoms with Crippen LogP contribution in [0.15, 0.2) is 42.5 Å². The van der Waals surface area contributed by atoms with E-state index in [0.717, 1.165) is 25.9 Å². The first kappa shape index (κ1) is 22.4. The van der Waals surface area contributed by atoms with E-state index in [1.807, 2.05) is 0 Å². The highest BCUT2D eigenvalue weighted by molar-refractivity contribution is 5.76. The maximum Gasteiger partial charge on any atom is 0.223 e. The van der Waals surface area contributed by atoms with Gasteiger partial charge in [0.25, 0.3) is 0 Å². The number of hydrogen-bond acceptors (Lipinski definition) is 6. The van der Waals surface area contributed by atoms with Crippen LogP contribution in [-0.4, -0.2) is 61.4 Å². The first-order valence-corrected chi connectivity index (χ1v) is 11.1. The molecule has 32 heavy (non-hydrogen) atoms. The van der Waals surface area contributed by atoms with Crippen LogP contribution in [0.25, 0.3) is 0 Å². The number of nitrogens with one attached hydrogen (secondary N) is 1. The first-order chi connectivity index (χ1) is 15.6. The van der Waals surface area contributed by atoms with Gasteiger partial charge in [-0.25, -0.2) is 4.39 Å². The number of rotatable bonds is 9. The standard InChI is InChI=1S/C24H29FN2O5/c25-18-5-1-2-6-20(18)30-12-9-23(28)26-19(16-27-10-3-4-11-27)24(29)17-7-8-21-22(15-17)32-14-13-31-21/h1-2,5-8,15,19,24,29H,3-4,9-14,16H2,(H,26,28)/t19-,24-/m1/s1. The Morgan fingerprint density at radius 2 is 1.88 bits per heavy atom. The Bertz CT molecular complexity index is 919. The van der Waals surface area contributed by atoms with Crippen LogP contribution >= 0.6 is 0 Å². The molecule has 172 valence electrons. The van der Waals surface area contributed by atoms with Crippen molar-refractivity contribution in [2.45, 2.75) is 31.4 Å². The van der Waals surface area contributed by atoms with Crippen molar-refractivity contribution in [2.24, 2.45) is 0 Å². The summed E-state index contributed by atoms with van der Waals surface area (Å²) in [7, 11) is 0. The van der Waals surface area contributed by atoms with Gasteiger partial charge in [-0.1, -0.05) is 18.2 Å². The summed E-state index contributed by atoms with van der Waals surface area (Å²) in [4.78, 5) is 14.8. The lowest BCUT2D eigenvalue weighted by Gasteiger charge is -2.29. The van der Waals surface area contributed by atoms with Crippen LogP contribution < -0.4 is 19.5 Å². The molecule has 0 saturated carbocycles. The summed E-state index contributed by atoms with van der Waals surface area (Å²) in [6, 6.07) is 10.9. The zero-order valence-corrected chi connectivity index (χ0v) is 18.0. The quantitative estimate of drug-likeness (QED) is 0.619. The predicted molar refractivity (Wildman–Crippen MR) is 117 cm³/mol. The third-order valence-corrected chi connectivity index (χ3v) is 5.71. The average molecular weight is 445 g/mol. The highest BCUT2D eigenvalue weighted by Crippen LogP contribution is 2.33. The Labute approximate surface area is 187 Å². The molecule has 7 nitrogen and oxygen atoms in total. The maximum absolute atomic E-state index is 13.7. The van der Waals surface area contributed by atoms with Crippen molar-refractivity contribution in [3.8, 4) is 17.2 Å². The number of halogens is 1. The minimum Gasteiger partial charge on any atom is -0.490 e. The van der Waals surface area contributed by atoms with Gasteiger partial charge in [0.05, 0.1) is 19.1 Å². The number of para-hydroxylation sites is 1. The number of nitrogens with zero attached hydrogens (tertiary/aromatic N) is 1. The van der Waals surface area contributed by atoms with E-state index in [4.69, 9.17) is 14.2 Å². The lowest BCUT2D eigenvalue weighted by atomic mass is 10.0. The highest BCUT2D eigenvalue weighted by atomic mass is 19.1. The monoisotopic (exact) mass is 444 g/mol. The fourth-order valence-corrected chi connectivity index (χ4v) is 4.04. The van der Waals surface area contributed by atoms with Crippen molar-refractivity contribution in [1.29, 1.82) is 0 Å². The van der Waals surface area contributed by atoms with Crippen molar-refractivity contribution >= 4 is 5.91 Å². The Morgan fingerprint density at radius 3 is 2.66 bits per heavy atom. The average Bonchev–Trinajstić information content (AvgIpc) is 3.32. The number of aliphatic hydroxyl groups is 1. The van der Waals surface area contributed by atoms with E-state index in [0.29, 0.717) is 36.8 Å². The molecule has 1 fully saturated rings. The number of amides is 1. The summed E-state index contributed by atoms with van der Waals surface area (Å²) in [5.41, 5.74) is 0.654. The van der Waals surface area contributed by atoms with E-state index in [1.165, 1.54) is 12.1 Å². The van der Waals surface area contributed by atoms with E-state index < -0.39 is 18.0 Å². The molecule has 2 atom stereocenters. The number of fused-ring (bicyclic) bond motifs is 1. The fraction of sp³-hybridized carbons (Fsp3) is 0.458. The molecule has 2 aliphatic heterocycles. The third kappa shape index (κ3) is 5.69. The molecule has 0 radical (unpaired) electrons. The molecule has 0 unspecified atom stereocenters. The van der Waals surface area contributed by atoms with Gasteiger partial charge in [0.2, 0.25) is 5.91 Å². The van der Waals surface area contributed by atoms with Crippen molar-refractivity contribution in [3.63, 3.8) is 0 Å². The van der Waals surface area contributed by atoms with Crippen LogP contribution in [0.2, 0.25) is 0 Å². The molecule has 1 saturated heterocycles. The molecule has 2 aliphatic rings. The van der Waals surface area contributed by atoms with Gasteiger partial charge in [-0.15, -0.1) is 0 Å². The molecule has 0 bridgehead atoms. The van der Waals surface area contributed by atoms with Crippen LogP contribution in [0.4, 0.5) is 4.39 Å². The minimum atomic E-state index is -0.914. The summed E-state index contributed by atoms with van der Waals surface area (Å²) in [5, 5.41) is 14.1. The third-order valence-electron chi connectivity index (χ3n) is 5.71. The Balaban J connectivity index is 1.39. The number of benzene rings is 2. The number of likely N-dealkylation sites (tertiary alicyclic amines) is 1. The molecule has 8 heteroatoms. The van der Waals surface area contributed by atoms with Crippen molar-refractivity contribution < 1.29 is 28.5 Å². The molecule has 0 spiro atoms. The van der Waals surface area contributed by atoms with Gasteiger partial charge >= 0.3 is 0 Å². The van der Waals surface area contributed by atoms with Crippen molar-refractivity contribution in [1.82, 2.24) is 10.2 Å². The largest absolute Gasteiger partial charge is 0.490 e. The molecule has 0 aliphatic carbocycles. The Morgan fingerprint density at radius 1 is 1.12 bits per heavy atom. The summed E-state index contributed by atoms with van der Waals surface area (Å²) in [6.07, 6.45) is 1.36. The summed E-state index contributed by atoms with van der Waals surface area (Å²) in [6.45, 7) is 3.42. The van der Waals surface area contributed by atoms with E-state index in [2.05, 4.69) is 10.2 Å². The second-order valence-corrected chi connectivity index (χ2v) is 8.06. The molecule has 4 rings (SSSR count). The van der Waals surface area contributed by atoms with Crippen LogP contribution in [0.5, 0.6) is 17.2 Å². The van der Waals surface area contributed by atoms with E-state index in [-0.39, 0.29) is 24.7 Å². The first-order valence-electron chi connectivity index (χ1n) is 11.1. The van der Waals surface area contributed by atoms with E-state index >= 15 is 0 Å². The molecule has 2 N–H and O–H groups in total. The zero-order chi connectivity index (χ0) is 22.3. The SMILES string of the molecule is O=C(CCOc1ccccc1F)N[C@H](CN1CCCC1)[C@H](O)c1ccc2c(c1)OCCO2. The van der Waals surface area contributed by atoms with E-state index in [1.54, 1.807) is 30.3 Å². The maximum atomic E-state index is 13.7. The molecule has 1 amide bonds. The topological polar surface area (TPSA) is 80.3 Å².